The van der Waals surface area contributed by atoms with Crippen LogP contribution < -0.4 is 10.2 Å². The first-order valence-corrected chi connectivity index (χ1v) is 7.00. The number of hydrogen-bond donors (Lipinski definition) is 1. The minimum Gasteiger partial charge on any atom is -0.497 e. The van der Waals surface area contributed by atoms with Crippen molar-refractivity contribution in [3.8, 4) is 5.75 Å². The van der Waals surface area contributed by atoms with Crippen LogP contribution in [0.1, 0.15) is 28.4 Å². The second-order valence-corrected chi connectivity index (χ2v) is 4.70. The van der Waals surface area contributed by atoms with Crippen LogP contribution in [0.2, 0.25) is 0 Å². The lowest BCUT2D eigenvalue weighted by Gasteiger charge is -2.16. The Morgan fingerprint density at radius 1 is 1.18 bits per heavy atom. The van der Waals surface area contributed by atoms with Gasteiger partial charge in [0, 0.05) is 5.56 Å². The van der Waals surface area contributed by atoms with Crippen LogP contribution in [0.25, 0.3) is 0 Å². The fraction of sp³-hybridized carbons (Fsp3) is 0.167. The molecule has 1 N–H and O–H groups in total. The molecule has 0 saturated carbocycles. The number of benzene rings is 2. The number of ether oxygens (including phenoxy) is 1. The van der Waals surface area contributed by atoms with E-state index in [9.17, 15) is 4.79 Å². The van der Waals surface area contributed by atoms with Gasteiger partial charge in [-0.3, -0.25) is 9.63 Å². The van der Waals surface area contributed by atoms with Gasteiger partial charge in [-0.15, -0.1) is 6.58 Å². The lowest BCUT2D eigenvalue weighted by molar-refractivity contribution is -0.0160. The Hall–Kier alpha value is -2.59. The van der Waals surface area contributed by atoms with Crippen LogP contribution >= 0.6 is 0 Å². The summed E-state index contributed by atoms with van der Waals surface area (Å²) in [4.78, 5) is 17.6. The molecule has 2 aromatic carbocycles. The van der Waals surface area contributed by atoms with Crippen molar-refractivity contribution in [2.45, 2.75) is 12.5 Å². The van der Waals surface area contributed by atoms with E-state index in [0.29, 0.717) is 17.7 Å². The van der Waals surface area contributed by atoms with Gasteiger partial charge in [-0.25, -0.2) is 5.48 Å². The number of methoxy groups -OCH3 is 1. The maximum atomic E-state index is 12.1. The fourth-order valence-corrected chi connectivity index (χ4v) is 2.00. The van der Waals surface area contributed by atoms with Gasteiger partial charge in [-0.1, -0.05) is 36.4 Å². The lowest BCUT2D eigenvalue weighted by Crippen LogP contribution is -2.26. The van der Waals surface area contributed by atoms with Gasteiger partial charge in [0.05, 0.1) is 7.11 Å². The molecule has 0 bridgehead atoms. The van der Waals surface area contributed by atoms with E-state index in [2.05, 4.69) is 12.1 Å². The minimum atomic E-state index is -0.298. The normalized spacial score (nSPS) is 11.5. The summed E-state index contributed by atoms with van der Waals surface area (Å²) in [6.45, 7) is 3.72. The summed E-state index contributed by atoms with van der Waals surface area (Å²) >= 11 is 0. The first kappa shape index (κ1) is 15.8. The van der Waals surface area contributed by atoms with Crippen molar-refractivity contribution >= 4 is 5.91 Å². The van der Waals surface area contributed by atoms with Crippen molar-refractivity contribution in [2.75, 3.05) is 7.11 Å². The minimum absolute atomic E-state index is 0.263. The van der Waals surface area contributed by atoms with Crippen molar-refractivity contribution in [3.05, 3.63) is 78.4 Å². The Morgan fingerprint density at radius 3 is 2.45 bits per heavy atom. The number of nitrogens with one attached hydrogen (secondary N) is 1. The predicted molar refractivity (Wildman–Crippen MR) is 85.5 cm³/mol. The van der Waals surface area contributed by atoms with Gasteiger partial charge in [0.15, 0.2) is 0 Å². The summed E-state index contributed by atoms with van der Waals surface area (Å²) in [7, 11) is 1.58. The summed E-state index contributed by atoms with van der Waals surface area (Å²) in [6, 6.07) is 16.5. The first-order valence-electron chi connectivity index (χ1n) is 7.00. The van der Waals surface area contributed by atoms with Gasteiger partial charge in [0.25, 0.3) is 5.91 Å². The van der Waals surface area contributed by atoms with Crippen molar-refractivity contribution in [3.63, 3.8) is 0 Å². The van der Waals surface area contributed by atoms with Crippen LogP contribution in [0.15, 0.2) is 67.3 Å². The van der Waals surface area contributed by atoms with E-state index in [1.54, 1.807) is 37.5 Å². The zero-order chi connectivity index (χ0) is 15.8. The molecule has 0 aromatic heterocycles. The molecule has 114 valence electrons. The molecule has 0 heterocycles. The highest BCUT2D eigenvalue weighted by atomic mass is 16.7. The van der Waals surface area contributed by atoms with Crippen molar-refractivity contribution in [2.24, 2.45) is 0 Å². The summed E-state index contributed by atoms with van der Waals surface area (Å²) in [6.07, 6.45) is 2.10. The molecule has 1 unspecified atom stereocenters. The van der Waals surface area contributed by atoms with E-state index in [1.165, 1.54) is 0 Å². The monoisotopic (exact) mass is 297 g/mol. The second-order valence-electron chi connectivity index (χ2n) is 4.70. The summed E-state index contributed by atoms with van der Waals surface area (Å²) in [5.41, 5.74) is 3.98. The van der Waals surface area contributed by atoms with Crippen molar-refractivity contribution in [1.29, 1.82) is 0 Å². The third-order valence-electron chi connectivity index (χ3n) is 3.20. The van der Waals surface area contributed by atoms with Crippen LogP contribution in [-0.4, -0.2) is 13.0 Å². The lowest BCUT2D eigenvalue weighted by atomic mass is 10.1. The highest BCUT2D eigenvalue weighted by molar-refractivity contribution is 5.93. The maximum Gasteiger partial charge on any atom is 0.274 e. The van der Waals surface area contributed by atoms with E-state index < -0.39 is 0 Å². The third-order valence-corrected chi connectivity index (χ3v) is 3.20. The zero-order valence-corrected chi connectivity index (χ0v) is 12.5. The van der Waals surface area contributed by atoms with Crippen molar-refractivity contribution in [1.82, 2.24) is 5.48 Å². The number of carbonyl (C=O) groups excluding carboxylic acids is 1. The maximum absolute atomic E-state index is 12.1. The van der Waals surface area contributed by atoms with Crippen LogP contribution in [0, 0.1) is 0 Å². The molecule has 0 fully saturated rings. The molecule has 0 radical (unpaired) electrons. The SMILES string of the molecule is C=CCC(ONC(=O)c1ccc(OC)cc1)c1ccccc1. The topological polar surface area (TPSA) is 47.6 Å². The van der Waals surface area contributed by atoms with Gasteiger partial charge in [0.1, 0.15) is 11.9 Å². The highest BCUT2D eigenvalue weighted by Gasteiger charge is 2.13. The Bertz CT molecular complexity index is 608. The molecule has 4 heteroatoms. The standard InChI is InChI=1S/C18H19NO3/c1-3-7-17(14-8-5-4-6-9-14)22-19-18(20)15-10-12-16(21-2)13-11-15/h3-6,8-13,17H,1,7H2,2H3,(H,19,20). The van der Waals surface area contributed by atoms with Gasteiger partial charge < -0.3 is 4.74 Å². The van der Waals surface area contributed by atoms with E-state index in [0.717, 1.165) is 5.56 Å². The van der Waals surface area contributed by atoms with E-state index >= 15 is 0 Å². The largest absolute Gasteiger partial charge is 0.497 e. The number of hydrogen-bond acceptors (Lipinski definition) is 3. The molecule has 0 aliphatic carbocycles. The predicted octanol–water partition coefficient (Wildman–Crippen LogP) is 3.67. The summed E-state index contributed by atoms with van der Waals surface area (Å²) in [5.74, 6) is 0.402. The number of carbonyl (C=O) groups is 1. The quantitative estimate of drug-likeness (QED) is 0.626. The number of hydroxylamine groups is 1. The van der Waals surface area contributed by atoms with E-state index in [-0.39, 0.29) is 12.0 Å². The summed E-state index contributed by atoms with van der Waals surface area (Å²) in [5, 5.41) is 0. The molecule has 2 aromatic rings. The molecule has 4 nitrogen and oxygen atoms in total. The highest BCUT2D eigenvalue weighted by Crippen LogP contribution is 2.20. The second kappa shape index (κ2) is 8.00. The molecule has 1 atom stereocenters. The average molecular weight is 297 g/mol. The third kappa shape index (κ3) is 4.20. The van der Waals surface area contributed by atoms with Gasteiger partial charge in [-0.05, 0) is 36.2 Å². The van der Waals surface area contributed by atoms with Crippen LogP contribution in [0.4, 0.5) is 0 Å². The average Bonchev–Trinajstić information content (AvgIpc) is 2.59. The van der Waals surface area contributed by atoms with Gasteiger partial charge >= 0.3 is 0 Å². The summed E-state index contributed by atoms with van der Waals surface area (Å²) < 4.78 is 5.06. The molecule has 0 aliphatic rings. The number of amides is 1. The molecule has 1 amide bonds. The molecule has 0 spiro atoms. The first-order chi connectivity index (χ1) is 10.7. The Balaban J connectivity index is 1.99. The van der Waals surface area contributed by atoms with E-state index in [1.807, 2.05) is 30.3 Å². The smallest absolute Gasteiger partial charge is 0.274 e. The van der Waals surface area contributed by atoms with Crippen molar-refractivity contribution < 1.29 is 14.4 Å². The zero-order valence-electron chi connectivity index (χ0n) is 12.5. The molecule has 0 aliphatic heterocycles. The molecule has 22 heavy (non-hydrogen) atoms. The fourth-order valence-electron chi connectivity index (χ4n) is 2.00. The molecular formula is C18H19NO3. The van der Waals surface area contributed by atoms with Gasteiger partial charge in [0.2, 0.25) is 0 Å². The van der Waals surface area contributed by atoms with E-state index in [4.69, 9.17) is 9.57 Å². The Morgan fingerprint density at radius 2 is 1.86 bits per heavy atom. The van der Waals surface area contributed by atoms with Crippen LogP contribution in [0.3, 0.4) is 0 Å². The Kier molecular flexibility index (Phi) is 5.74. The molecule has 2 rings (SSSR count). The van der Waals surface area contributed by atoms with Crippen LogP contribution in [-0.2, 0) is 4.84 Å². The Labute approximate surface area is 130 Å². The number of rotatable bonds is 7. The molecule has 0 saturated heterocycles. The van der Waals surface area contributed by atoms with Gasteiger partial charge in [-0.2, -0.15) is 0 Å². The molecular weight excluding hydrogens is 278 g/mol. The van der Waals surface area contributed by atoms with Crippen LogP contribution in [0.5, 0.6) is 5.75 Å².